The lowest BCUT2D eigenvalue weighted by Gasteiger charge is -2.27. The average molecular weight is 463 g/mol. The standard InChI is InChI=1S/C31H30N2O2/c1-3-4-21-31(22-28-23(2)19-20-24-13-11-12-18-27(24)28)29(34)32(25-14-7-5-8-15-25)33(30(31)35)26-16-9-6-10-17-26/h5-20H,3-4,21-22H2,1-2H3. The van der Waals surface area contributed by atoms with Gasteiger partial charge in [0, 0.05) is 0 Å². The number of benzene rings is 4. The summed E-state index contributed by atoms with van der Waals surface area (Å²) in [7, 11) is 0. The van der Waals surface area contributed by atoms with Crippen LogP contribution in [0.3, 0.4) is 0 Å². The summed E-state index contributed by atoms with van der Waals surface area (Å²) in [4.78, 5) is 28.9. The van der Waals surface area contributed by atoms with E-state index in [1.807, 2.05) is 72.8 Å². The molecule has 0 bridgehead atoms. The maximum Gasteiger partial charge on any atom is 0.262 e. The fraction of sp³-hybridized carbons (Fsp3) is 0.226. The van der Waals surface area contributed by atoms with Gasteiger partial charge in [-0.05, 0) is 65.9 Å². The van der Waals surface area contributed by atoms with Crippen molar-refractivity contribution < 1.29 is 9.59 Å². The van der Waals surface area contributed by atoms with Crippen molar-refractivity contribution in [2.75, 3.05) is 10.0 Å². The third-order valence-electron chi connectivity index (χ3n) is 7.12. The zero-order valence-electron chi connectivity index (χ0n) is 20.3. The number of nitrogens with zero attached hydrogens (tertiary/aromatic N) is 2. The topological polar surface area (TPSA) is 40.6 Å². The zero-order chi connectivity index (χ0) is 24.4. The molecule has 0 saturated carbocycles. The van der Waals surface area contributed by atoms with Crippen molar-refractivity contribution in [1.82, 2.24) is 0 Å². The van der Waals surface area contributed by atoms with E-state index in [0.717, 1.165) is 34.7 Å². The molecule has 0 N–H and O–H groups in total. The molecule has 4 aromatic rings. The van der Waals surface area contributed by atoms with Crippen molar-refractivity contribution in [3.05, 3.63) is 108 Å². The molecule has 1 aliphatic heterocycles. The molecular weight excluding hydrogens is 432 g/mol. The molecule has 0 aliphatic carbocycles. The van der Waals surface area contributed by atoms with E-state index in [2.05, 4.69) is 38.1 Å². The van der Waals surface area contributed by atoms with Crippen LogP contribution in [-0.2, 0) is 16.0 Å². The highest BCUT2D eigenvalue weighted by Crippen LogP contribution is 2.45. The van der Waals surface area contributed by atoms with Crippen LogP contribution >= 0.6 is 0 Å². The van der Waals surface area contributed by atoms with Gasteiger partial charge in [-0.15, -0.1) is 0 Å². The number of carbonyl (C=O) groups excluding carboxylic acids is 2. The molecular formula is C31H30N2O2. The lowest BCUT2D eigenvalue weighted by Crippen LogP contribution is -2.41. The highest BCUT2D eigenvalue weighted by molar-refractivity contribution is 6.26. The second kappa shape index (κ2) is 9.38. The average Bonchev–Trinajstić information content (AvgIpc) is 3.12. The van der Waals surface area contributed by atoms with Gasteiger partial charge in [0.1, 0.15) is 5.41 Å². The fourth-order valence-electron chi connectivity index (χ4n) is 5.20. The highest BCUT2D eigenvalue weighted by Gasteiger charge is 2.58. The second-order valence-corrected chi connectivity index (χ2v) is 9.35. The number of hydrazine groups is 1. The number of hydrogen-bond acceptors (Lipinski definition) is 2. The number of rotatable bonds is 7. The first kappa shape index (κ1) is 22.9. The van der Waals surface area contributed by atoms with Crippen molar-refractivity contribution in [2.45, 2.75) is 39.5 Å². The fourth-order valence-corrected chi connectivity index (χ4v) is 5.20. The van der Waals surface area contributed by atoms with Crippen molar-refractivity contribution >= 4 is 34.0 Å². The van der Waals surface area contributed by atoms with E-state index in [4.69, 9.17) is 0 Å². The molecule has 4 heteroatoms. The Morgan fingerprint density at radius 2 is 1.23 bits per heavy atom. The van der Waals surface area contributed by atoms with Gasteiger partial charge >= 0.3 is 0 Å². The molecule has 0 atom stereocenters. The van der Waals surface area contributed by atoms with Crippen LogP contribution in [0.2, 0.25) is 0 Å². The Labute approximate surface area is 206 Å². The molecule has 5 rings (SSSR count). The first-order valence-corrected chi connectivity index (χ1v) is 12.3. The predicted molar refractivity (Wildman–Crippen MR) is 142 cm³/mol. The second-order valence-electron chi connectivity index (χ2n) is 9.35. The van der Waals surface area contributed by atoms with Gasteiger partial charge in [-0.2, -0.15) is 0 Å². The number of para-hydroxylation sites is 2. The molecule has 4 aromatic carbocycles. The van der Waals surface area contributed by atoms with E-state index < -0.39 is 5.41 Å². The highest BCUT2D eigenvalue weighted by atomic mass is 16.2. The monoisotopic (exact) mass is 462 g/mol. The molecule has 0 spiro atoms. The molecule has 176 valence electrons. The number of fused-ring (bicyclic) bond motifs is 1. The third kappa shape index (κ3) is 3.89. The Balaban J connectivity index is 1.70. The van der Waals surface area contributed by atoms with Gasteiger partial charge in [0.15, 0.2) is 0 Å². The third-order valence-corrected chi connectivity index (χ3v) is 7.12. The van der Waals surface area contributed by atoms with E-state index in [1.54, 1.807) is 10.0 Å². The van der Waals surface area contributed by atoms with E-state index in [9.17, 15) is 9.59 Å². The molecule has 1 fully saturated rings. The van der Waals surface area contributed by atoms with Crippen LogP contribution in [0.5, 0.6) is 0 Å². The van der Waals surface area contributed by atoms with Gasteiger partial charge in [0.2, 0.25) is 0 Å². The van der Waals surface area contributed by atoms with Gasteiger partial charge in [-0.3, -0.25) is 9.59 Å². The molecule has 4 nitrogen and oxygen atoms in total. The minimum atomic E-state index is -1.17. The van der Waals surface area contributed by atoms with Crippen LogP contribution in [0, 0.1) is 12.3 Å². The largest absolute Gasteiger partial charge is 0.271 e. The van der Waals surface area contributed by atoms with Gasteiger partial charge in [0.05, 0.1) is 11.4 Å². The normalized spacial score (nSPS) is 15.3. The van der Waals surface area contributed by atoms with E-state index in [0.29, 0.717) is 24.2 Å². The Morgan fingerprint density at radius 3 is 1.80 bits per heavy atom. The molecule has 0 aromatic heterocycles. The van der Waals surface area contributed by atoms with Gasteiger partial charge in [-0.25, -0.2) is 10.0 Å². The number of hydrogen-bond donors (Lipinski definition) is 0. The Morgan fingerprint density at radius 1 is 0.686 bits per heavy atom. The first-order chi connectivity index (χ1) is 17.1. The molecule has 1 heterocycles. The summed E-state index contributed by atoms with van der Waals surface area (Å²) in [6, 6.07) is 31.4. The summed E-state index contributed by atoms with van der Waals surface area (Å²) >= 11 is 0. The van der Waals surface area contributed by atoms with Crippen LogP contribution in [-0.4, -0.2) is 11.8 Å². The Bertz CT molecular complexity index is 1310. The molecule has 1 saturated heterocycles. The minimum Gasteiger partial charge on any atom is -0.271 e. The van der Waals surface area contributed by atoms with Crippen molar-refractivity contribution in [3.8, 4) is 0 Å². The summed E-state index contributed by atoms with van der Waals surface area (Å²) in [5.41, 5.74) is 2.40. The molecule has 1 aliphatic rings. The smallest absolute Gasteiger partial charge is 0.262 e. The summed E-state index contributed by atoms with van der Waals surface area (Å²) in [6.45, 7) is 4.17. The Hall–Kier alpha value is -3.92. The van der Waals surface area contributed by atoms with Gasteiger partial charge in [0.25, 0.3) is 11.8 Å². The van der Waals surface area contributed by atoms with E-state index in [1.165, 1.54) is 0 Å². The number of unbranched alkanes of at least 4 members (excludes halogenated alkanes) is 1. The van der Waals surface area contributed by atoms with Crippen LogP contribution in [0.15, 0.2) is 97.1 Å². The minimum absolute atomic E-state index is 0.154. The van der Waals surface area contributed by atoms with E-state index >= 15 is 0 Å². The SMILES string of the molecule is CCCCC1(Cc2c(C)ccc3ccccc23)C(=O)N(c2ccccc2)N(c2ccccc2)C1=O. The first-order valence-electron chi connectivity index (χ1n) is 12.3. The molecule has 0 radical (unpaired) electrons. The molecule has 0 unspecified atom stereocenters. The number of carbonyl (C=O) groups is 2. The van der Waals surface area contributed by atoms with E-state index in [-0.39, 0.29) is 11.8 Å². The maximum atomic E-state index is 14.4. The predicted octanol–water partition coefficient (Wildman–Crippen LogP) is 6.86. The van der Waals surface area contributed by atoms with Crippen molar-refractivity contribution in [3.63, 3.8) is 0 Å². The lowest BCUT2D eigenvalue weighted by atomic mass is 9.74. The van der Waals surface area contributed by atoms with Crippen LogP contribution in [0.4, 0.5) is 11.4 Å². The van der Waals surface area contributed by atoms with Crippen molar-refractivity contribution in [2.24, 2.45) is 5.41 Å². The summed E-state index contributed by atoms with van der Waals surface area (Å²) < 4.78 is 0. The molecule has 2 amide bonds. The zero-order valence-corrected chi connectivity index (χ0v) is 20.3. The Kier molecular flexibility index (Phi) is 6.12. The molecule has 35 heavy (non-hydrogen) atoms. The summed E-state index contributed by atoms with van der Waals surface area (Å²) in [5.74, 6) is -0.309. The lowest BCUT2D eigenvalue weighted by molar-refractivity contribution is -0.135. The quantitative estimate of drug-likeness (QED) is 0.281. The van der Waals surface area contributed by atoms with Crippen LogP contribution in [0.25, 0.3) is 10.8 Å². The van der Waals surface area contributed by atoms with Gasteiger partial charge < -0.3 is 0 Å². The number of aryl methyl sites for hydroxylation is 1. The number of anilines is 2. The van der Waals surface area contributed by atoms with Crippen LogP contribution < -0.4 is 10.0 Å². The summed E-state index contributed by atoms with van der Waals surface area (Å²) in [5, 5.41) is 5.41. The van der Waals surface area contributed by atoms with Gasteiger partial charge in [-0.1, -0.05) is 92.6 Å². The maximum absolute atomic E-state index is 14.4. The van der Waals surface area contributed by atoms with Crippen molar-refractivity contribution in [1.29, 1.82) is 0 Å². The van der Waals surface area contributed by atoms with Crippen LogP contribution in [0.1, 0.15) is 37.3 Å². The summed E-state index contributed by atoms with van der Waals surface area (Å²) in [6.07, 6.45) is 2.60. The number of amides is 2.